The molecule has 6 heteroatoms. The van der Waals surface area contributed by atoms with Gasteiger partial charge in [0.2, 0.25) is 5.91 Å². The highest BCUT2D eigenvalue weighted by Crippen LogP contribution is 2.27. The second-order valence-corrected chi connectivity index (χ2v) is 6.64. The number of para-hydroxylation sites is 1. The maximum absolute atomic E-state index is 12.5. The van der Waals surface area contributed by atoms with E-state index in [-0.39, 0.29) is 29.9 Å². The normalized spacial score (nSPS) is 12.9. The number of benzene rings is 2. The molecule has 0 saturated heterocycles. The van der Waals surface area contributed by atoms with Crippen LogP contribution in [0.2, 0.25) is 0 Å². The standard InChI is InChI=1S/C22H28N4O.HI/c1-2-23-22(25-17-18-9-4-3-5-10-18)24-15-8-13-21(27)26-16-14-19-11-6-7-12-20(19)26;/h3-7,9-12H,2,8,13-17H2,1H3,(H2,23,24,25);1H. The molecule has 3 rings (SSSR count). The van der Waals surface area contributed by atoms with Crippen molar-refractivity contribution in [3.05, 3.63) is 65.7 Å². The zero-order valence-electron chi connectivity index (χ0n) is 16.4. The summed E-state index contributed by atoms with van der Waals surface area (Å²) in [6.45, 7) is 5.02. The predicted molar refractivity (Wildman–Crippen MR) is 126 cm³/mol. The number of nitrogens with zero attached hydrogens (tertiary/aromatic N) is 2. The zero-order chi connectivity index (χ0) is 18.9. The first kappa shape index (κ1) is 22.2. The topological polar surface area (TPSA) is 56.7 Å². The van der Waals surface area contributed by atoms with Crippen LogP contribution in [0.4, 0.5) is 5.69 Å². The molecule has 2 N–H and O–H groups in total. The zero-order valence-corrected chi connectivity index (χ0v) is 18.7. The molecule has 28 heavy (non-hydrogen) atoms. The molecule has 0 unspecified atom stereocenters. The largest absolute Gasteiger partial charge is 0.357 e. The number of hydrogen-bond acceptors (Lipinski definition) is 2. The molecule has 0 bridgehead atoms. The Kier molecular flexibility index (Phi) is 9.27. The number of halogens is 1. The molecule has 0 fully saturated rings. The highest BCUT2D eigenvalue weighted by atomic mass is 127. The van der Waals surface area contributed by atoms with Crippen LogP contribution in [0.3, 0.4) is 0 Å². The van der Waals surface area contributed by atoms with Crippen molar-refractivity contribution in [2.75, 3.05) is 24.5 Å². The summed E-state index contributed by atoms with van der Waals surface area (Å²) in [5.41, 5.74) is 3.53. The number of rotatable bonds is 7. The third kappa shape index (κ3) is 6.22. The van der Waals surface area contributed by atoms with Gasteiger partial charge in [-0.1, -0.05) is 48.5 Å². The maximum Gasteiger partial charge on any atom is 0.227 e. The lowest BCUT2D eigenvalue weighted by Gasteiger charge is -2.17. The minimum atomic E-state index is 0. The summed E-state index contributed by atoms with van der Waals surface area (Å²) in [5, 5.41) is 6.58. The van der Waals surface area contributed by atoms with E-state index < -0.39 is 0 Å². The van der Waals surface area contributed by atoms with E-state index in [4.69, 9.17) is 0 Å². The lowest BCUT2D eigenvalue weighted by molar-refractivity contribution is -0.118. The molecule has 1 aliphatic heterocycles. The van der Waals surface area contributed by atoms with E-state index >= 15 is 0 Å². The van der Waals surface area contributed by atoms with Crippen LogP contribution < -0.4 is 15.5 Å². The third-order valence-electron chi connectivity index (χ3n) is 4.65. The van der Waals surface area contributed by atoms with Crippen LogP contribution in [0.15, 0.2) is 59.6 Å². The molecular weight excluding hydrogens is 463 g/mol. The van der Waals surface area contributed by atoms with Gasteiger partial charge in [0.05, 0.1) is 6.54 Å². The van der Waals surface area contributed by atoms with Gasteiger partial charge in [-0.05, 0) is 37.0 Å². The number of aliphatic imine (C=N–C) groups is 1. The molecule has 0 aromatic heterocycles. The Morgan fingerprint density at radius 3 is 2.61 bits per heavy atom. The van der Waals surface area contributed by atoms with Crippen molar-refractivity contribution in [1.82, 2.24) is 10.6 Å². The molecular formula is C22H29IN4O. The Morgan fingerprint density at radius 2 is 1.82 bits per heavy atom. The van der Waals surface area contributed by atoms with Crippen LogP contribution in [0.1, 0.15) is 30.9 Å². The molecule has 1 aliphatic rings. The Bertz CT molecular complexity index is 779. The molecule has 2 aromatic carbocycles. The summed E-state index contributed by atoms with van der Waals surface area (Å²) in [5.74, 6) is 0.994. The molecule has 0 radical (unpaired) electrons. The van der Waals surface area contributed by atoms with Crippen LogP contribution in [0.25, 0.3) is 0 Å². The summed E-state index contributed by atoms with van der Waals surface area (Å²) in [4.78, 5) is 19.1. The van der Waals surface area contributed by atoms with E-state index in [2.05, 4.69) is 33.8 Å². The lowest BCUT2D eigenvalue weighted by Crippen LogP contribution is -2.38. The molecule has 2 aromatic rings. The van der Waals surface area contributed by atoms with E-state index in [0.29, 0.717) is 13.0 Å². The van der Waals surface area contributed by atoms with Crippen molar-refractivity contribution in [1.29, 1.82) is 0 Å². The van der Waals surface area contributed by atoms with E-state index in [1.807, 2.05) is 48.2 Å². The average molecular weight is 492 g/mol. The Hall–Kier alpha value is -2.09. The molecule has 5 nitrogen and oxygen atoms in total. The van der Waals surface area contributed by atoms with Crippen molar-refractivity contribution >= 4 is 41.5 Å². The van der Waals surface area contributed by atoms with Crippen molar-refractivity contribution in [3.63, 3.8) is 0 Å². The fourth-order valence-electron chi connectivity index (χ4n) is 3.27. The molecule has 150 valence electrons. The van der Waals surface area contributed by atoms with Gasteiger partial charge >= 0.3 is 0 Å². The predicted octanol–water partition coefficient (Wildman–Crippen LogP) is 3.73. The first-order valence-electron chi connectivity index (χ1n) is 9.72. The van der Waals surface area contributed by atoms with Gasteiger partial charge in [-0.2, -0.15) is 0 Å². The SMILES string of the molecule is CCNC(=NCc1ccccc1)NCCCC(=O)N1CCc2ccccc21.I. The molecule has 1 heterocycles. The minimum absolute atomic E-state index is 0. The van der Waals surface area contributed by atoms with Crippen LogP contribution in [-0.4, -0.2) is 31.5 Å². The van der Waals surface area contributed by atoms with Gasteiger partial charge in [0.1, 0.15) is 0 Å². The van der Waals surface area contributed by atoms with Gasteiger partial charge in [-0.25, -0.2) is 4.99 Å². The monoisotopic (exact) mass is 492 g/mol. The smallest absolute Gasteiger partial charge is 0.227 e. The quantitative estimate of drug-likeness (QED) is 0.268. The number of anilines is 1. The van der Waals surface area contributed by atoms with E-state index in [0.717, 1.165) is 44.1 Å². The van der Waals surface area contributed by atoms with Gasteiger partial charge in [-0.15, -0.1) is 24.0 Å². The Balaban J connectivity index is 0.00000280. The third-order valence-corrected chi connectivity index (χ3v) is 4.65. The number of hydrogen-bond donors (Lipinski definition) is 2. The van der Waals surface area contributed by atoms with Crippen molar-refractivity contribution in [3.8, 4) is 0 Å². The van der Waals surface area contributed by atoms with Crippen molar-refractivity contribution in [2.45, 2.75) is 32.7 Å². The van der Waals surface area contributed by atoms with Gasteiger partial charge in [0, 0.05) is 31.7 Å². The Labute approximate surface area is 184 Å². The van der Waals surface area contributed by atoms with Crippen LogP contribution in [0, 0.1) is 0 Å². The second-order valence-electron chi connectivity index (χ2n) is 6.64. The number of carbonyl (C=O) groups is 1. The average Bonchev–Trinajstić information content (AvgIpc) is 3.14. The summed E-state index contributed by atoms with van der Waals surface area (Å²) >= 11 is 0. The number of amides is 1. The van der Waals surface area contributed by atoms with E-state index in [9.17, 15) is 4.79 Å². The van der Waals surface area contributed by atoms with E-state index in [1.54, 1.807) is 0 Å². The fraction of sp³-hybridized carbons (Fsp3) is 0.364. The molecule has 0 spiro atoms. The van der Waals surface area contributed by atoms with Gasteiger partial charge in [-0.3, -0.25) is 4.79 Å². The van der Waals surface area contributed by atoms with Crippen LogP contribution >= 0.6 is 24.0 Å². The van der Waals surface area contributed by atoms with Crippen LogP contribution in [0.5, 0.6) is 0 Å². The number of guanidine groups is 1. The highest BCUT2D eigenvalue weighted by molar-refractivity contribution is 14.0. The summed E-state index contributed by atoms with van der Waals surface area (Å²) < 4.78 is 0. The number of nitrogens with one attached hydrogen (secondary N) is 2. The van der Waals surface area contributed by atoms with Gasteiger partial charge < -0.3 is 15.5 Å². The minimum Gasteiger partial charge on any atom is -0.357 e. The molecule has 0 atom stereocenters. The number of fused-ring (bicyclic) bond motifs is 1. The van der Waals surface area contributed by atoms with Crippen molar-refractivity contribution in [2.24, 2.45) is 4.99 Å². The van der Waals surface area contributed by atoms with E-state index in [1.165, 1.54) is 11.1 Å². The van der Waals surface area contributed by atoms with Crippen LogP contribution in [-0.2, 0) is 17.8 Å². The molecule has 0 aliphatic carbocycles. The summed E-state index contributed by atoms with van der Waals surface area (Å²) in [7, 11) is 0. The number of carbonyl (C=O) groups excluding carboxylic acids is 1. The van der Waals surface area contributed by atoms with Crippen molar-refractivity contribution < 1.29 is 4.79 Å². The summed E-state index contributed by atoms with van der Waals surface area (Å²) in [6, 6.07) is 18.4. The van der Waals surface area contributed by atoms with Gasteiger partial charge in [0.25, 0.3) is 0 Å². The summed E-state index contributed by atoms with van der Waals surface area (Å²) in [6.07, 6.45) is 2.28. The maximum atomic E-state index is 12.5. The fourth-order valence-corrected chi connectivity index (χ4v) is 3.27. The molecule has 1 amide bonds. The lowest BCUT2D eigenvalue weighted by atomic mass is 10.2. The first-order chi connectivity index (χ1) is 13.3. The molecule has 0 saturated carbocycles. The Morgan fingerprint density at radius 1 is 1.07 bits per heavy atom. The second kappa shape index (κ2) is 11.7. The van der Waals surface area contributed by atoms with Gasteiger partial charge in [0.15, 0.2) is 5.96 Å². The highest BCUT2D eigenvalue weighted by Gasteiger charge is 2.23. The first-order valence-corrected chi connectivity index (χ1v) is 9.72.